The van der Waals surface area contributed by atoms with Gasteiger partial charge in [0.05, 0.1) is 5.69 Å². The first kappa shape index (κ1) is 24.4. The number of anilines is 1. The van der Waals surface area contributed by atoms with Crippen molar-refractivity contribution in [2.75, 3.05) is 44.7 Å². The van der Waals surface area contributed by atoms with Crippen molar-refractivity contribution in [2.45, 2.75) is 89.0 Å². The Kier molecular flexibility index (Phi) is 7.06. The molecule has 0 radical (unpaired) electrons. The number of piperidine rings is 1. The van der Waals surface area contributed by atoms with E-state index in [-0.39, 0.29) is 0 Å². The fraction of sp³-hybridized carbons (Fsp3) is 0.724. The second kappa shape index (κ2) is 10.4. The number of fused-ring (bicyclic) bond motifs is 2. The predicted octanol–water partition coefficient (Wildman–Crippen LogP) is 3.20. The highest BCUT2D eigenvalue weighted by molar-refractivity contribution is 5.53. The van der Waals surface area contributed by atoms with Crippen molar-refractivity contribution in [3.63, 3.8) is 0 Å². The van der Waals surface area contributed by atoms with Crippen molar-refractivity contribution in [3.05, 3.63) is 35.6 Å². The molecular weight excluding hydrogens is 448 g/mol. The number of likely N-dealkylation sites (N-methyl/N-ethyl adjacent to an activating group) is 1. The Morgan fingerprint density at radius 2 is 1.92 bits per heavy atom. The molecule has 1 aromatic rings. The summed E-state index contributed by atoms with van der Waals surface area (Å²) in [6.07, 6.45) is 17.6. The van der Waals surface area contributed by atoms with Crippen LogP contribution < -0.4 is 15.0 Å². The number of ether oxygens (including phenoxy) is 1. The SMILES string of the molecule is C[C@@H]1CN(c2nc(OC[C@@H]3CCCN3C)nc3c2CCC(N2CCCC4C=CC=CC42)C3)[C@@H](C)CN1. The first-order chi connectivity index (χ1) is 17.6. The zero-order valence-corrected chi connectivity index (χ0v) is 22.4. The summed E-state index contributed by atoms with van der Waals surface area (Å²) in [5, 5.41) is 3.63. The molecule has 0 amide bonds. The van der Waals surface area contributed by atoms with Crippen molar-refractivity contribution in [2.24, 2.45) is 5.92 Å². The summed E-state index contributed by atoms with van der Waals surface area (Å²) in [5.74, 6) is 1.79. The highest BCUT2D eigenvalue weighted by Crippen LogP contribution is 2.37. The average molecular weight is 493 g/mol. The number of nitrogens with zero attached hydrogens (tertiary/aromatic N) is 5. The van der Waals surface area contributed by atoms with Gasteiger partial charge in [0, 0.05) is 55.3 Å². The monoisotopic (exact) mass is 492 g/mol. The Bertz CT molecular complexity index is 994. The Labute approximate surface area is 217 Å². The Hall–Kier alpha value is -1.96. The van der Waals surface area contributed by atoms with Gasteiger partial charge in [0.25, 0.3) is 0 Å². The van der Waals surface area contributed by atoms with E-state index in [4.69, 9.17) is 14.7 Å². The second-order valence-electron chi connectivity index (χ2n) is 11.9. The van der Waals surface area contributed by atoms with Crippen molar-refractivity contribution < 1.29 is 4.74 Å². The van der Waals surface area contributed by atoms with E-state index in [0.717, 1.165) is 38.3 Å². The van der Waals surface area contributed by atoms with Crippen LogP contribution in [0.3, 0.4) is 0 Å². The topological polar surface area (TPSA) is 56.8 Å². The lowest BCUT2D eigenvalue weighted by molar-refractivity contribution is 0.0847. The quantitative estimate of drug-likeness (QED) is 0.677. The third-order valence-corrected chi connectivity index (χ3v) is 9.34. The molecule has 4 heterocycles. The Morgan fingerprint density at radius 3 is 2.78 bits per heavy atom. The predicted molar refractivity (Wildman–Crippen MR) is 145 cm³/mol. The lowest BCUT2D eigenvalue weighted by Gasteiger charge is -2.46. The molecule has 36 heavy (non-hydrogen) atoms. The average Bonchev–Trinajstić information content (AvgIpc) is 3.32. The molecular formula is C29H44N6O. The smallest absolute Gasteiger partial charge is 0.318 e. The molecule has 2 aliphatic carbocycles. The van der Waals surface area contributed by atoms with Crippen LogP contribution in [0.25, 0.3) is 0 Å². The molecule has 6 atom stereocenters. The van der Waals surface area contributed by atoms with Gasteiger partial charge in [-0.05, 0) is 78.4 Å². The minimum absolute atomic E-state index is 0.411. The van der Waals surface area contributed by atoms with E-state index in [1.54, 1.807) is 0 Å². The van der Waals surface area contributed by atoms with Gasteiger partial charge in [0.1, 0.15) is 12.4 Å². The summed E-state index contributed by atoms with van der Waals surface area (Å²) in [7, 11) is 2.20. The van der Waals surface area contributed by atoms with Crippen molar-refractivity contribution in [1.29, 1.82) is 0 Å². The highest BCUT2D eigenvalue weighted by Gasteiger charge is 2.37. The molecule has 3 saturated heterocycles. The molecule has 3 aliphatic heterocycles. The normalized spacial score (nSPS) is 35.0. The number of likely N-dealkylation sites (tertiary alicyclic amines) is 2. The van der Waals surface area contributed by atoms with Crippen LogP contribution in [-0.4, -0.2) is 89.8 Å². The van der Waals surface area contributed by atoms with Crippen molar-refractivity contribution in [1.82, 2.24) is 25.1 Å². The summed E-state index contributed by atoms with van der Waals surface area (Å²) >= 11 is 0. The molecule has 1 aromatic heterocycles. The number of aromatic nitrogens is 2. The van der Waals surface area contributed by atoms with Gasteiger partial charge < -0.3 is 19.9 Å². The molecule has 1 N–H and O–H groups in total. The summed E-state index contributed by atoms with van der Waals surface area (Å²) in [5.41, 5.74) is 2.59. The summed E-state index contributed by atoms with van der Waals surface area (Å²) in [6.45, 7) is 9.58. The molecule has 0 spiro atoms. The van der Waals surface area contributed by atoms with E-state index in [1.807, 2.05) is 0 Å². The van der Waals surface area contributed by atoms with E-state index in [1.165, 1.54) is 49.9 Å². The molecule has 7 heteroatoms. The molecule has 0 aromatic carbocycles. The molecule has 5 aliphatic rings. The zero-order valence-electron chi connectivity index (χ0n) is 22.4. The summed E-state index contributed by atoms with van der Waals surface area (Å²) < 4.78 is 6.35. The van der Waals surface area contributed by atoms with E-state index in [9.17, 15) is 0 Å². The van der Waals surface area contributed by atoms with Gasteiger partial charge in [-0.2, -0.15) is 9.97 Å². The minimum Gasteiger partial charge on any atom is -0.462 e. The van der Waals surface area contributed by atoms with Gasteiger partial charge in [-0.3, -0.25) is 4.90 Å². The minimum atomic E-state index is 0.411. The molecule has 0 bridgehead atoms. The van der Waals surface area contributed by atoms with Crippen molar-refractivity contribution in [3.8, 4) is 6.01 Å². The lowest BCUT2D eigenvalue weighted by Crippen LogP contribution is -2.55. The van der Waals surface area contributed by atoms with Crippen LogP contribution in [-0.2, 0) is 12.8 Å². The number of allylic oxidation sites excluding steroid dienone is 2. The van der Waals surface area contributed by atoms with Crippen LogP contribution in [0.15, 0.2) is 24.3 Å². The zero-order chi connectivity index (χ0) is 24.6. The molecule has 3 unspecified atom stereocenters. The lowest BCUT2D eigenvalue weighted by atomic mass is 9.82. The van der Waals surface area contributed by atoms with Crippen LogP contribution in [0.5, 0.6) is 6.01 Å². The van der Waals surface area contributed by atoms with Gasteiger partial charge >= 0.3 is 6.01 Å². The number of piperazine rings is 1. The van der Waals surface area contributed by atoms with Crippen LogP contribution in [0.4, 0.5) is 5.82 Å². The van der Waals surface area contributed by atoms with Gasteiger partial charge in [-0.15, -0.1) is 0 Å². The number of hydrogen-bond acceptors (Lipinski definition) is 7. The van der Waals surface area contributed by atoms with E-state index in [2.05, 4.69) is 65.2 Å². The molecule has 0 saturated carbocycles. The number of hydrogen-bond donors (Lipinski definition) is 1. The van der Waals surface area contributed by atoms with Crippen LogP contribution in [0.1, 0.15) is 57.2 Å². The number of rotatable bonds is 5. The van der Waals surface area contributed by atoms with Gasteiger partial charge in [0.15, 0.2) is 0 Å². The highest BCUT2D eigenvalue weighted by atomic mass is 16.5. The first-order valence-electron chi connectivity index (χ1n) is 14.4. The van der Waals surface area contributed by atoms with E-state index < -0.39 is 0 Å². The van der Waals surface area contributed by atoms with Crippen LogP contribution >= 0.6 is 0 Å². The maximum Gasteiger partial charge on any atom is 0.318 e. The van der Waals surface area contributed by atoms with Crippen LogP contribution in [0.2, 0.25) is 0 Å². The molecule has 3 fully saturated rings. The Balaban J connectivity index is 1.28. The first-order valence-corrected chi connectivity index (χ1v) is 14.4. The van der Waals surface area contributed by atoms with Crippen LogP contribution in [0, 0.1) is 5.92 Å². The number of nitrogens with one attached hydrogen (secondary N) is 1. The Morgan fingerprint density at radius 1 is 1.06 bits per heavy atom. The maximum absolute atomic E-state index is 6.35. The maximum atomic E-state index is 6.35. The molecule has 196 valence electrons. The molecule has 7 nitrogen and oxygen atoms in total. The van der Waals surface area contributed by atoms with Gasteiger partial charge in [-0.25, -0.2) is 0 Å². The fourth-order valence-corrected chi connectivity index (χ4v) is 7.17. The third-order valence-electron chi connectivity index (χ3n) is 9.34. The third kappa shape index (κ3) is 4.82. The second-order valence-corrected chi connectivity index (χ2v) is 11.9. The standard InChI is InChI=1S/C29H44N6O/c1-20-18-35(21(2)17-30-20)28-25-13-12-23(34-15-6-9-22-8-4-5-11-27(22)34)16-26(25)31-29(32-28)36-19-24-10-7-14-33(24)3/h4-5,8,11,20-24,27,30H,6-7,9-10,12-19H2,1-3H3/t20-,21+,22?,23?,24+,27?/m1/s1. The summed E-state index contributed by atoms with van der Waals surface area (Å²) in [4.78, 5) is 17.9. The largest absolute Gasteiger partial charge is 0.462 e. The fourth-order valence-electron chi connectivity index (χ4n) is 7.17. The van der Waals surface area contributed by atoms with Gasteiger partial charge in [0.2, 0.25) is 0 Å². The van der Waals surface area contributed by atoms with Crippen molar-refractivity contribution >= 4 is 5.82 Å². The van der Waals surface area contributed by atoms with E-state index >= 15 is 0 Å². The van der Waals surface area contributed by atoms with E-state index in [0.29, 0.717) is 48.7 Å². The summed E-state index contributed by atoms with van der Waals surface area (Å²) in [6, 6.07) is 3.00. The van der Waals surface area contributed by atoms with Gasteiger partial charge in [-0.1, -0.05) is 24.3 Å². The molecule has 6 rings (SSSR count).